The lowest BCUT2D eigenvalue weighted by Crippen LogP contribution is -2.38. The molecular weight excluding hydrogens is 418 g/mol. The van der Waals surface area contributed by atoms with Crippen molar-refractivity contribution in [3.05, 3.63) is 56.8 Å². The largest absolute Gasteiger partial charge is 0.462 e. The highest BCUT2D eigenvalue weighted by atomic mass is 79.9. The molecule has 1 aliphatic heterocycles. The maximum Gasteiger partial charge on any atom is 0.336 e. The maximum atomic E-state index is 13.2. The molecule has 1 aromatic carbocycles. The van der Waals surface area contributed by atoms with Crippen molar-refractivity contribution in [2.45, 2.75) is 59.3 Å². The van der Waals surface area contributed by atoms with Crippen molar-refractivity contribution in [1.29, 1.82) is 0 Å². The number of ketones is 1. The van der Waals surface area contributed by atoms with Gasteiger partial charge in [0.2, 0.25) is 0 Å². The number of hydrogen-bond acceptors (Lipinski definition) is 4. The van der Waals surface area contributed by atoms with Gasteiger partial charge in [-0.3, -0.25) is 4.79 Å². The number of unbranched alkanes of at least 4 members (excludes halogenated alkanes) is 1. The molecule has 3 rings (SSSR count). The average Bonchev–Trinajstić information content (AvgIpc) is 2.60. The Hall–Kier alpha value is -1.88. The van der Waals surface area contributed by atoms with E-state index in [2.05, 4.69) is 42.0 Å². The number of esters is 1. The monoisotopic (exact) mass is 445 g/mol. The molecule has 0 spiro atoms. The second-order valence-corrected chi connectivity index (χ2v) is 9.30. The lowest BCUT2D eigenvalue weighted by Gasteiger charge is -2.39. The van der Waals surface area contributed by atoms with E-state index >= 15 is 0 Å². The molecule has 0 aromatic heterocycles. The molecule has 150 valence electrons. The van der Waals surface area contributed by atoms with Gasteiger partial charge < -0.3 is 10.1 Å². The maximum absolute atomic E-state index is 13.2. The first kappa shape index (κ1) is 20.8. The van der Waals surface area contributed by atoms with Crippen LogP contribution in [-0.2, 0) is 14.3 Å². The number of allylic oxidation sites excluding steroid dienone is 3. The molecule has 0 radical (unpaired) electrons. The average molecular weight is 446 g/mol. The molecule has 1 atom stereocenters. The number of rotatable bonds is 5. The minimum absolute atomic E-state index is 0.0964. The van der Waals surface area contributed by atoms with Crippen LogP contribution in [0.5, 0.6) is 0 Å². The summed E-state index contributed by atoms with van der Waals surface area (Å²) in [6.07, 6.45) is 3.04. The van der Waals surface area contributed by atoms with Crippen LogP contribution in [0.3, 0.4) is 0 Å². The van der Waals surface area contributed by atoms with Crippen molar-refractivity contribution in [3.63, 3.8) is 0 Å². The zero-order valence-corrected chi connectivity index (χ0v) is 18.6. The standard InChI is InChI=1S/C23H28BrNO3/c1-5-6-11-28-22(27)19-14(2)25-17-12-23(3,4)13-18(26)21(17)20(19)15-9-7-8-10-16(15)24/h7-10,20,25H,5-6,11-13H2,1-4H3. The first-order valence-electron chi connectivity index (χ1n) is 9.90. The Morgan fingerprint density at radius 2 is 2.00 bits per heavy atom. The molecule has 0 saturated carbocycles. The number of nitrogens with one attached hydrogen (secondary N) is 1. The van der Waals surface area contributed by atoms with Crippen LogP contribution in [0.1, 0.15) is 64.9 Å². The smallest absolute Gasteiger partial charge is 0.336 e. The fourth-order valence-corrected chi connectivity index (χ4v) is 4.63. The summed E-state index contributed by atoms with van der Waals surface area (Å²) in [4.78, 5) is 26.2. The van der Waals surface area contributed by atoms with E-state index in [1.807, 2.05) is 31.2 Å². The van der Waals surface area contributed by atoms with E-state index in [1.54, 1.807) is 0 Å². The fourth-order valence-electron chi connectivity index (χ4n) is 4.11. The zero-order valence-electron chi connectivity index (χ0n) is 17.0. The number of ether oxygens (including phenoxy) is 1. The lowest BCUT2D eigenvalue weighted by atomic mass is 9.68. The van der Waals surface area contributed by atoms with E-state index in [1.165, 1.54) is 0 Å². The molecule has 1 aromatic rings. The topological polar surface area (TPSA) is 55.4 Å². The Bertz CT molecular complexity index is 866. The fraction of sp³-hybridized carbons (Fsp3) is 0.478. The molecule has 4 nitrogen and oxygen atoms in total. The normalized spacial score (nSPS) is 21.3. The summed E-state index contributed by atoms with van der Waals surface area (Å²) in [6.45, 7) is 8.57. The van der Waals surface area contributed by atoms with Crippen LogP contribution >= 0.6 is 15.9 Å². The van der Waals surface area contributed by atoms with Crippen molar-refractivity contribution in [2.24, 2.45) is 5.41 Å². The SMILES string of the molecule is CCCCOC(=O)C1=C(C)NC2=C(C(=O)CC(C)(C)C2)C1c1ccccc1Br. The minimum Gasteiger partial charge on any atom is -0.462 e. The van der Waals surface area contributed by atoms with Crippen LogP contribution < -0.4 is 5.32 Å². The Morgan fingerprint density at radius 1 is 1.29 bits per heavy atom. The third-order valence-electron chi connectivity index (χ3n) is 5.41. The number of benzene rings is 1. The van der Waals surface area contributed by atoms with Crippen LogP contribution in [0.2, 0.25) is 0 Å². The van der Waals surface area contributed by atoms with Gasteiger partial charge in [-0.1, -0.05) is 61.3 Å². The molecule has 5 heteroatoms. The van der Waals surface area contributed by atoms with Gasteiger partial charge in [-0.15, -0.1) is 0 Å². The lowest BCUT2D eigenvalue weighted by molar-refractivity contribution is -0.139. The summed E-state index contributed by atoms with van der Waals surface area (Å²) in [5.74, 6) is -0.654. The highest BCUT2D eigenvalue weighted by molar-refractivity contribution is 9.10. The Kier molecular flexibility index (Phi) is 6.13. The van der Waals surface area contributed by atoms with Gasteiger partial charge in [-0.05, 0) is 36.8 Å². The summed E-state index contributed by atoms with van der Waals surface area (Å²) in [6, 6.07) is 7.80. The number of hydrogen-bond donors (Lipinski definition) is 1. The molecule has 0 amide bonds. The zero-order chi connectivity index (χ0) is 20.5. The van der Waals surface area contributed by atoms with E-state index in [0.717, 1.165) is 40.7 Å². The van der Waals surface area contributed by atoms with Crippen LogP contribution in [0.4, 0.5) is 0 Å². The number of carbonyl (C=O) groups is 2. The highest BCUT2D eigenvalue weighted by Gasteiger charge is 2.43. The van der Waals surface area contributed by atoms with E-state index in [4.69, 9.17) is 4.74 Å². The van der Waals surface area contributed by atoms with E-state index in [0.29, 0.717) is 24.2 Å². The number of dihydropyridines is 1. The van der Waals surface area contributed by atoms with Gasteiger partial charge in [0.15, 0.2) is 5.78 Å². The van der Waals surface area contributed by atoms with Crippen molar-refractivity contribution in [3.8, 4) is 0 Å². The van der Waals surface area contributed by atoms with E-state index in [-0.39, 0.29) is 17.2 Å². The van der Waals surface area contributed by atoms with Gasteiger partial charge in [0.25, 0.3) is 0 Å². The van der Waals surface area contributed by atoms with Gasteiger partial charge in [0.05, 0.1) is 12.2 Å². The van der Waals surface area contributed by atoms with Gasteiger partial charge >= 0.3 is 5.97 Å². The quantitative estimate of drug-likeness (QED) is 0.486. The molecular formula is C23H28BrNO3. The van der Waals surface area contributed by atoms with Gasteiger partial charge in [-0.2, -0.15) is 0 Å². The second kappa shape index (κ2) is 8.24. The van der Waals surface area contributed by atoms with Crippen molar-refractivity contribution in [1.82, 2.24) is 5.32 Å². The third kappa shape index (κ3) is 4.09. The molecule has 1 unspecified atom stereocenters. The molecule has 28 heavy (non-hydrogen) atoms. The predicted octanol–water partition coefficient (Wildman–Crippen LogP) is 5.40. The number of Topliss-reactive ketones (excluding diaryl/α,β-unsaturated/α-hetero) is 1. The van der Waals surface area contributed by atoms with E-state index < -0.39 is 5.92 Å². The van der Waals surface area contributed by atoms with Gasteiger partial charge in [-0.25, -0.2) is 4.79 Å². The van der Waals surface area contributed by atoms with Crippen molar-refractivity contribution >= 4 is 27.7 Å². The van der Waals surface area contributed by atoms with Crippen LogP contribution in [0.15, 0.2) is 51.3 Å². The molecule has 0 fully saturated rings. The van der Waals surface area contributed by atoms with E-state index in [9.17, 15) is 9.59 Å². The van der Waals surface area contributed by atoms with Gasteiger partial charge in [0, 0.05) is 33.8 Å². The summed E-state index contributed by atoms with van der Waals surface area (Å²) in [7, 11) is 0. The first-order valence-corrected chi connectivity index (χ1v) is 10.7. The molecule has 1 aliphatic carbocycles. The van der Waals surface area contributed by atoms with Crippen LogP contribution in [0, 0.1) is 5.41 Å². The molecule has 1 heterocycles. The van der Waals surface area contributed by atoms with Crippen molar-refractivity contribution in [2.75, 3.05) is 6.61 Å². The van der Waals surface area contributed by atoms with Crippen LogP contribution in [0.25, 0.3) is 0 Å². The molecule has 2 aliphatic rings. The molecule has 1 N–H and O–H groups in total. The summed E-state index contributed by atoms with van der Waals surface area (Å²) < 4.78 is 6.44. The Labute approximate surface area is 175 Å². The highest BCUT2D eigenvalue weighted by Crippen LogP contribution is 2.48. The molecule has 0 saturated heterocycles. The number of carbonyl (C=O) groups excluding carboxylic acids is 2. The first-order chi connectivity index (χ1) is 13.2. The summed E-state index contributed by atoms with van der Waals surface area (Å²) >= 11 is 3.62. The number of halogens is 1. The summed E-state index contributed by atoms with van der Waals surface area (Å²) in [5, 5.41) is 3.37. The second-order valence-electron chi connectivity index (χ2n) is 8.44. The predicted molar refractivity (Wildman–Crippen MR) is 114 cm³/mol. The van der Waals surface area contributed by atoms with Crippen LogP contribution in [-0.4, -0.2) is 18.4 Å². The molecule has 0 bridgehead atoms. The van der Waals surface area contributed by atoms with Crippen molar-refractivity contribution < 1.29 is 14.3 Å². The summed E-state index contributed by atoms with van der Waals surface area (Å²) in [5.41, 5.74) is 3.78. The van der Waals surface area contributed by atoms with Gasteiger partial charge in [0.1, 0.15) is 0 Å². The Morgan fingerprint density at radius 3 is 2.68 bits per heavy atom. The third-order valence-corrected chi connectivity index (χ3v) is 6.13. The minimum atomic E-state index is -0.412. The Balaban J connectivity index is 2.11.